The van der Waals surface area contributed by atoms with Crippen molar-refractivity contribution in [1.82, 2.24) is 4.90 Å². The topological polar surface area (TPSA) is 55.6 Å². The van der Waals surface area contributed by atoms with Crippen molar-refractivity contribution in [2.45, 2.75) is 31.9 Å². The average molecular weight is 210 g/mol. The molecule has 1 unspecified atom stereocenters. The molecule has 1 aliphatic rings. The second-order valence-electron chi connectivity index (χ2n) is 4.38. The van der Waals surface area contributed by atoms with Gasteiger partial charge in [-0.3, -0.25) is 4.79 Å². The lowest BCUT2D eigenvalue weighted by atomic mass is 10.1. The minimum atomic E-state index is -0.580. The molecule has 84 valence electrons. The zero-order valence-electron chi connectivity index (χ0n) is 9.32. The van der Waals surface area contributed by atoms with E-state index in [0.29, 0.717) is 19.7 Å². The van der Waals surface area contributed by atoms with Gasteiger partial charge in [-0.2, -0.15) is 0 Å². The summed E-state index contributed by atoms with van der Waals surface area (Å²) in [6.07, 6.45) is 5.41. The first-order valence-corrected chi connectivity index (χ1v) is 5.08. The SMILES string of the molecule is C#CCC(N)C(=O)N1CCOC(C)(C)C1. The van der Waals surface area contributed by atoms with Crippen LogP contribution in [-0.4, -0.2) is 42.1 Å². The highest BCUT2D eigenvalue weighted by Gasteiger charge is 2.31. The normalized spacial score (nSPS) is 21.9. The van der Waals surface area contributed by atoms with Crippen LogP contribution in [0, 0.1) is 12.3 Å². The van der Waals surface area contributed by atoms with Crippen LogP contribution in [0.1, 0.15) is 20.3 Å². The first-order chi connectivity index (χ1) is 6.96. The van der Waals surface area contributed by atoms with E-state index in [-0.39, 0.29) is 17.9 Å². The van der Waals surface area contributed by atoms with E-state index >= 15 is 0 Å². The summed E-state index contributed by atoms with van der Waals surface area (Å²) in [6, 6.07) is -0.580. The van der Waals surface area contributed by atoms with Crippen LogP contribution >= 0.6 is 0 Å². The summed E-state index contributed by atoms with van der Waals surface area (Å²) in [5, 5.41) is 0. The summed E-state index contributed by atoms with van der Waals surface area (Å²) in [4.78, 5) is 13.6. The standard InChI is InChI=1S/C11H18N2O2/c1-4-5-9(12)10(14)13-6-7-15-11(2,3)8-13/h1,9H,5-8,12H2,2-3H3. The molecule has 1 atom stereocenters. The lowest BCUT2D eigenvalue weighted by Crippen LogP contribution is -2.54. The van der Waals surface area contributed by atoms with Crippen molar-refractivity contribution in [3.8, 4) is 12.3 Å². The molecule has 0 saturated carbocycles. The van der Waals surface area contributed by atoms with E-state index in [9.17, 15) is 4.79 Å². The first kappa shape index (κ1) is 12.0. The largest absolute Gasteiger partial charge is 0.372 e. The molecular formula is C11H18N2O2. The van der Waals surface area contributed by atoms with Crippen LogP contribution in [0.3, 0.4) is 0 Å². The molecule has 0 spiro atoms. The van der Waals surface area contributed by atoms with Gasteiger partial charge in [-0.25, -0.2) is 0 Å². The molecule has 0 aromatic carbocycles. The van der Waals surface area contributed by atoms with E-state index in [1.165, 1.54) is 0 Å². The number of hydrogen-bond donors (Lipinski definition) is 1. The van der Waals surface area contributed by atoms with Crippen molar-refractivity contribution in [1.29, 1.82) is 0 Å². The number of ether oxygens (including phenoxy) is 1. The fraction of sp³-hybridized carbons (Fsp3) is 0.727. The van der Waals surface area contributed by atoms with Crippen molar-refractivity contribution >= 4 is 5.91 Å². The number of nitrogens with zero attached hydrogens (tertiary/aromatic N) is 1. The monoisotopic (exact) mass is 210 g/mol. The van der Waals surface area contributed by atoms with Crippen molar-refractivity contribution < 1.29 is 9.53 Å². The van der Waals surface area contributed by atoms with Gasteiger partial charge in [0.15, 0.2) is 0 Å². The van der Waals surface area contributed by atoms with Crippen LogP contribution in [0.5, 0.6) is 0 Å². The Morgan fingerprint density at radius 2 is 2.40 bits per heavy atom. The second-order valence-corrected chi connectivity index (χ2v) is 4.38. The van der Waals surface area contributed by atoms with Gasteiger partial charge >= 0.3 is 0 Å². The van der Waals surface area contributed by atoms with E-state index in [0.717, 1.165) is 0 Å². The Kier molecular flexibility index (Phi) is 3.72. The van der Waals surface area contributed by atoms with Gasteiger partial charge in [0.25, 0.3) is 0 Å². The van der Waals surface area contributed by atoms with E-state index < -0.39 is 6.04 Å². The minimum absolute atomic E-state index is 0.0793. The van der Waals surface area contributed by atoms with Crippen LogP contribution in [-0.2, 0) is 9.53 Å². The molecule has 4 nitrogen and oxygen atoms in total. The molecule has 0 aliphatic carbocycles. The number of nitrogens with two attached hydrogens (primary N) is 1. The lowest BCUT2D eigenvalue weighted by Gasteiger charge is -2.38. The first-order valence-electron chi connectivity index (χ1n) is 5.08. The van der Waals surface area contributed by atoms with E-state index in [4.69, 9.17) is 16.9 Å². The Morgan fingerprint density at radius 1 is 1.73 bits per heavy atom. The van der Waals surface area contributed by atoms with Crippen molar-refractivity contribution in [3.63, 3.8) is 0 Å². The lowest BCUT2D eigenvalue weighted by molar-refractivity contribution is -0.147. The van der Waals surface area contributed by atoms with Crippen molar-refractivity contribution in [2.24, 2.45) is 5.73 Å². The predicted octanol–water partition coefficient (Wildman–Crippen LogP) is -0.0256. The summed E-state index contributed by atoms with van der Waals surface area (Å²) in [7, 11) is 0. The number of amides is 1. The maximum atomic E-state index is 11.8. The molecule has 0 aromatic heterocycles. The number of carbonyl (C=O) groups is 1. The summed E-state index contributed by atoms with van der Waals surface area (Å²) >= 11 is 0. The van der Waals surface area contributed by atoms with Gasteiger partial charge in [0.05, 0.1) is 18.2 Å². The maximum Gasteiger partial charge on any atom is 0.240 e. The highest BCUT2D eigenvalue weighted by molar-refractivity contribution is 5.82. The van der Waals surface area contributed by atoms with E-state index in [1.807, 2.05) is 13.8 Å². The number of morpholine rings is 1. The number of rotatable bonds is 2. The molecule has 4 heteroatoms. The maximum absolute atomic E-state index is 11.8. The third-order valence-corrected chi connectivity index (χ3v) is 2.39. The number of terminal acetylenes is 1. The molecule has 1 rings (SSSR count). The molecular weight excluding hydrogens is 192 g/mol. The highest BCUT2D eigenvalue weighted by atomic mass is 16.5. The third-order valence-electron chi connectivity index (χ3n) is 2.39. The molecule has 1 aliphatic heterocycles. The van der Waals surface area contributed by atoms with Crippen molar-refractivity contribution in [3.05, 3.63) is 0 Å². The van der Waals surface area contributed by atoms with Gasteiger partial charge in [-0.05, 0) is 13.8 Å². The molecule has 0 radical (unpaired) electrons. The van der Waals surface area contributed by atoms with E-state index in [2.05, 4.69) is 5.92 Å². The Labute approximate surface area is 90.8 Å². The molecule has 15 heavy (non-hydrogen) atoms. The Hall–Kier alpha value is -1.05. The van der Waals surface area contributed by atoms with E-state index in [1.54, 1.807) is 4.90 Å². The predicted molar refractivity (Wildman–Crippen MR) is 58.0 cm³/mol. The van der Waals surface area contributed by atoms with Crippen LogP contribution in [0.15, 0.2) is 0 Å². The van der Waals surface area contributed by atoms with Gasteiger partial charge in [-0.15, -0.1) is 12.3 Å². The fourth-order valence-corrected chi connectivity index (χ4v) is 1.65. The summed E-state index contributed by atoms with van der Waals surface area (Å²) in [5.74, 6) is 2.33. The number of hydrogen-bond acceptors (Lipinski definition) is 3. The Morgan fingerprint density at radius 3 is 2.93 bits per heavy atom. The zero-order valence-corrected chi connectivity index (χ0v) is 9.32. The van der Waals surface area contributed by atoms with Gasteiger partial charge < -0.3 is 15.4 Å². The molecule has 1 amide bonds. The van der Waals surface area contributed by atoms with Crippen LogP contribution in [0.25, 0.3) is 0 Å². The van der Waals surface area contributed by atoms with Gasteiger partial charge in [0, 0.05) is 19.5 Å². The Balaban J connectivity index is 2.57. The molecule has 2 N–H and O–H groups in total. The zero-order chi connectivity index (χ0) is 11.5. The van der Waals surface area contributed by atoms with Gasteiger partial charge in [-0.1, -0.05) is 0 Å². The van der Waals surface area contributed by atoms with Crippen LogP contribution in [0.4, 0.5) is 0 Å². The third kappa shape index (κ3) is 3.22. The number of carbonyl (C=O) groups excluding carboxylic acids is 1. The molecule has 0 aromatic rings. The van der Waals surface area contributed by atoms with Gasteiger partial charge in [0.1, 0.15) is 0 Å². The van der Waals surface area contributed by atoms with Crippen LogP contribution < -0.4 is 5.73 Å². The minimum Gasteiger partial charge on any atom is -0.372 e. The molecule has 0 bridgehead atoms. The molecule has 1 heterocycles. The van der Waals surface area contributed by atoms with Gasteiger partial charge in [0.2, 0.25) is 5.91 Å². The quantitative estimate of drug-likeness (QED) is 0.651. The summed E-state index contributed by atoms with van der Waals surface area (Å²) in [6.45, 7) is 5.64. The Bertz CT molecular complexity index is 281. The summed E-state index contributed by atoms with van der Waals surface area (Å²) < 4.78 is 5.51. The molecule has 1 saturated heterocycles. The van der Waals surface area contributed by atoms with Crippen LogP contribution in [0.2, 0.25) is 0 Å². The molecule has 1 fully saturated rings. The second kappa shape index (κ2) is 4.65. The average Bonchev–Trinajstić information content (AvgIpc) is 2.15. The van der Waals surface area contributed by atoms with Crippen molar-refractivity contribution in [2.75, 3.05) is 19.7 Å². The highest BCUT2D eigenvalue weighted by Crippen LogP contribution is 2.17. The summed E-state index contributed by atoms with van der Waals surface area (Å²) in [5.41, 5.74) is 5.38. The fourth-order valence-electron chi connectivity index (χ4n) is 1.65. The smallest absolute Gasteiger partial charge is 0.240 e.